The van der Waals surface area contributed by atoms with Crippen LogP contribution in [0.1, 0.15) is 42.3 Å². The van der Waals surface area contributed by atoms with E-state index in [2.05, 4.69) is 4.99 Å². The zero-order chi connectivity index (χ0) is 21.7. The average molecular weight is 404 g/mol. The van der Waals surface area contributed by atoms with Crippen LogP contribution in [0, 0.1) is 0 Å². The Morgan fingerprint density at radius 2 is 1.70 bits per heavy atom. The highest BCUT2D eigenvalue weighted by Crippen LogP contribution is 2.45. The standard InChI is InChI=1S/C23H23N3O2.C2H6/c1-3-17(16-24-2)21(27)25-13-14-26-22(28)20-12-8-7-9-18(20)15-23(25,26)19-10-5-4-6-11-19;1-2/h3-12,16H,13-15H2,1-2H3;1-2H3/b17-3+,24-16?;. The van der Waals surface area contributed by atoms with Gasteiger partial charge in [-0.15, -0.1) is 0 Å². The van der Waals surface area contributed by atoms with Crippen molar-refractivity contribution in [2.75, 3.05) is 20.1 Å². The second-order valence-electron chi connectivity index (χ2n) is 7.06. The summed E-state index contributed by atoms with van der Waals surface area (Å²) in [4.78, 5) is 34.5. The average Bonchev–Trinajstić information content (AvgIpc) is 3.20. The van der Waals surface area contributed by atoms with Crippen molar-refractivity contribution in [1.82, 2.24) is 9.80 Å². The van der Waals surface area contributed by atoms with E-state index in [0.717, 1.165) is 16.7 Å². The number of hydrogen-bond donors (Lipinski definition) is 0. The first-order valence-corrected chi connectivity index (χ1v) is 10.5. The molecule has 0 bridgehead atoms. The summed E-state index contributed by atoms with van der Waals surface area (Å²) < 4.78 is 0. The van der Waals surface area contributed by atoms with E-state index < -0.39 is 5.66 Å². The molecule has 5 heteroatoms. The van der Waals surface area contributed by atoms with Crippen molar-refractivity contribution in [3.05, 3.63) is 82.9 Å². The summed E-state index contributed by atoms with van der Waals surface area (Å²) in [7, 11) is 1.65. The van der Waals surface area contributed by atoms with Crippen LogP contribution in [0.5, 0.6) is 0 Å². The van der Waals surface area contributed by atoms with Gasteiger partial charge in [0.2, 0.25) is 0 Å². The molecule has 1 fully saturated rings. The highest BCUT2D eigenvalue weighted by Gasteiger charge is 2.55. The second-order valence-corrected chi connectivity index (χ2v) is 7.06. The van der Waals surface area contributed by atoms with Gasteiger partial charge in [-0.3, -0.25) is 14.6 Å². The molecule has 156 valence electrons. The molecule has 2 aliphatic heterocycles. The fraction of sp³-hybridized carbons (Fsp3) is 0.320. The number of rotatable bonds is 3. The number of amides is 2. The molecule has 0 saturated carbocycles. The molecule has 1 unspecified atom stereocenters. The molecule has 0 aromatic heterocycles. The molecule has 0 aliphatic carbocycles. The topological polar surface area (TPSA) is 53.0 Å². The lowest BCUT2D eigenvalue weighted by atomic mass is 9.83. The number of carbonyl (C=O) groups excluding carboxylic acids is 2. The zero-order valence-electron chi connectivity index (χ0n) is 18.1. The number of aliphatic imine (C=N–C) groups is 1. The van der Waals surface area contributed by atoms with E-state index in [0.29, 0.717) is 25.1 Å². The van der Waals surface area contributed by atoms with Gasteiger partial charge >= 0.3 is 0 Å². The van der Waals surface area contributed by atoms with Gasteiger partial charge in [-0.25, -0.2) is 0 Å². The maximum Gasteiger partial charge on any atom is 0.257 e. The van der Waals surface area contributed by atoms with Crippen LogP contribution in [-0.4, -0.2) is 48.0 Å². The van der Waals surface area contributed by atoms with Crippen molar-refractivity contribution in [3.63, 3.8) is 0 Å². The molecule has 5 nitrogen and oxygen atoms in total. The SMILES string of the molecule is C/C=C(\C=NC)C(=O)N1CCN2C(=O)c3ccccc3CC12c1ccccc1.CC. The van der Waals surface area contributed by atoms with Crippen LogP contribution in [0.2, 0.25) is 0 Å². The van der Waals surface area contributed by atoms with E-state index in [-0.39, 0.29) is 11.8 Å². The maximum absolute atomic E-state index is 13.4. The van der Waals surface area contributed by atoms with E-state index in [9.17, 15) is 9.59 Å². The second kappa shape index (κ2) is 9.08. The lowest BCUT2D eigenvalue weighted by molar-refractivity contribution is -0.134. The van der Waals surface area contributed by atoms with Crippen LogP contribution in [0.25, 0.3) is 0 Å². The molecule has 4 rings (SSSR count). The third-order valence-corrected chi connectivity index (χ3v) is 5.68. The lowest BCUT2D eigenvalue weighted by Gasteiger charge is -2.47. The van der Waals surface area contributed by atoms with E-state index >= 15 is 0 Å². The van der Waals surface area contributed by atoms with Gasteiger partial charge in [0, 0.05) is 38.3 Å². The molecule has 0 radical (unpaired) electrons. The molecule has 1 saturated heterocycles. The number of nitrogens with zero attached hydrogens (tertiary/aromatic N) is 3. The summed E-state index contributed by atoms with van der Waals surface area (Å²) in [5.41, 5.74) is 2.36. The molecular formula is C25H29N3O2. The van der Waals surface area contributed by atoms with Gasteiger partial charge in [-0.05, 0) is 24.1 Å². The number of allylic oxidation sites excluding steroid dienone is 1. The zero-order valence-corrected chi connectivity index (χ0v) is 18.1. The minimum Gasteiger partial charge on any atom is -0.309 e. The smallest absolute Gasteiger partial charge is 0.257 e. The van der Waals surface area contributed by atoms with Gasteiger partial charge in [0.05, 0.1) is 5.57 Å². The number of carbonyl (C=O) groups is 2. The van der Waals surface area contributed by atoms with Crippen LogP contribution >= 0.6 is 0 Å². The first-order valence-electron chi connectivity index (χ1n) is 10.5. The largest absolute Gasteiger partial charge is 0.309 e. The van der Waals surface area contributed by atoms with Crippen LogP contribution in [0.4, 0.5) is 0 Å². The predicted molar refractivity (Wildman–Crippen MR) is 121 cm³/mol. The van der Waals surface area contributed by atoms with Crippen LogP contribution in [0.15, 0.2) is 71.2 Å². The summed E-state index contributed by atoms with van der Waals surface area (Å²) in [5.74, 6) is -0.126. The number of fused-ring (bicyclic) bond motifs is 2. The van der Waals surface area contributed by atoms with Crippen LogP contribution in [-0.2, 0) is 16.9 Å². The normalized spacial score (nSPS) is 20.5. The molecule has 2 amide bonds. The van der Waals surface area contributed by atoms with Crippen molar-refractivity contribution in [3.8, 4) is 0 Å². The number of hydrogen-bond acceptors (Lipinski definition) is 3. The molecule has 2 aromatic carbocycles. The quantitative estimate of drug-likeness (QED) is 0.573. The first-order chi connectivity index (χ1) is 14.6. The van der Waals surface area contributed by atoms with Gasteiger partial charge in [-0.2, -0.15) is 0 Å². The molecule has 2 heterocycles. The first kappa shape index (κ1) is 21.5. The van der Waals surface area contributed by atoms with Gasteiger partial charge in [0.1, 0.15) is 5.66 Å². The van der Waals surface area contributed by atoms with Gasteiger partial charge in [0.15, 0.2) is 0 Å². The van der Waals surface area contributed by atoms with Crippen LogP contribution in [0.3, 0.4) is 0 Å². The Labute approximate surface area is 178 Å². The lowest BCUT2D eigenvalue weighted by Crippen LogP contribution is -2.58. The van der Waals surface area contributed by atoms with Crippen LogP contribution < -0.4 is 0 Å². The monoisotopic (exact) mass is 403 g/mol. The highest BCUT2D eigenvalue weighted by molar-refractivity contribution is 6.12. The Morgan fingerprint density at radius 1 is 1.03 bits per heavy atom. The minimum atomic E-state index is -0.820. The number of benzene rings is 2. The Bertz CT molecular complexity index is 981. The summed E-state index contributed by atoms with van der Waals surface area (Å²) in [6, 6.07) is 17.6. The summed E-state index contributed by atoms with van der Waals surface area (Å²) in [6.45, 7) is 6.83. The summed E-state index contributed by atoms with van der Waals surface area (Å²) >= 11 is 0. The van der Waals surface area contributed by atoms with Crippen molar-refractivity contribution < 1.29 is 9.59 Å². The third-order valence-electron chi connectivity index (χ3n) is 5.68. The van der Waals surface area contributed by atoms with Crippen molar-refractivity contribution in [2.45, 2.75) is 32.9 Å². The predicted octanol–water partition coefficient (Wildman–Crippen LogP) is 4.05. The van der Waals surface area contributed by atoms with E-state index in [1.54, 1.807) is 19.3 Å². The third kappa shape index (κ3) is 3.34. The highest BCUT2D eigenvalue weighted by atomic mass is 16.2. The summed E-state index contributed by atoms with van der Waals surface area (Å²) in [6.07, 6.45) is 3.93. The van der Waals surface area contributed by atoms with E-state index in [4.69, 9.17) is 0 Å². The Morgan fingerprint density at radius 3 is 2.37 bits per heavy atom. The maximum atomic E-state index is 13.4. The molecule has 1 atom stereocenters. The van der Waals surface area contributed by atoms with E-state index in [1.165, 1.54) is 0 Å². The molecular weight excluding hydrogens is 374 g/mol. The molecule has 0 spiro atoms. The van der Waals surface area contributed by atoms with Gasteiger partial charge in [0.25, 0.3) is 11.8 Å². The summed E-state index contributed by atoms with van der Waals surface area (Å²) in [5, 5.41) is 0. The Hall–Kier alpha value is -3.21. The fourth-order valence-electron chi connectivity index (χ4n) is 4.41. The molecule has 2 aliphatic rings. The van der Waals surface area contributed by atoms with Crippen molar-refractivity contribution in [1.29, 1.82) is 0 Å². The Balaban J connectivity index is 0.00000124. The van der Waals surface area contributed by atoms with Gasteiger partial charge in [-0.1, -0.05) is 68.5 Å². The molecule has 2 aromatic rings. The Kier molecular flexibility index (Phi) is 6.50. The molecule has 0 N–H and O–H groups in total. The van der Waals surface area contributed by atoms with Crippen molar-refractivity contribution >= 4 is 18.0 Å². The fourth-order valence-corrected chi connectivity index (χ4v) is 4.41. The minimum absolute atomic E-state index is 0.0211. The molecule has 30 heavy (non-hydrogen) atoms. The van der Waals surface area contributed by atoms with Crippen molar-refractivity contribution in [2.24, 2.45) is 4.99 Å². The van der Waals surface area contributed by atoms with Gasteiger partial charge < -0.3 is 9.80 Å². The van der Waals surface area contributed by atoms with E-state index in [1.807, 2.05) is 85.2 Å².